The Kier molecular flexibility index (Phi) is 3.87. The van der Waals surface area contributed by atoms with Gasteiger partial charge in [0.25, 0.3) is 5.03 Å². The highest BCUT2D eigenvalue weighted by Crippen LogP contribution is 2.18. The zero-order valence-electron chi connectivity index (χ0n) is 10.9. The molecule has 0 spiro atoms. The molecule has 0 amide bonds. The molecule has 0 saturated carbocycles. The Bertz CT molecular complexity index is 679. The molecule has 20 heavy (non-hydrogen) atoms. The van der Waals surface area contributed by atoms with Crippen LogP contribution in [-0.2, 0) is 6.42 Å². The number of fused-ring (bicyclic) bond motifs is 1. The molecule has 0 aliphatic carbocycles. The molecular weight excluding hydrogens is 272 g/mol. The molecule has 3 aromatic rings. The van der Waals surface area contributed by atoms with Crippen molar-refractivity contribution in [2.24, 2.45) is 0 Å². The molecule has 3 rings (SSSR count). The molecule has 5 heteroatoms. The minimum atomic E-state index is 0.727. The Labute approximate surface area is 121 Å². The van der Waals surface area contributed by atoms with Gasteiger partial charge < -0.3 is 9.62 Å². The Morgan fingerprint density at radius 3 is 2.85 bits per heavy atom. The lowest BCUT2D eigenvalue weighted by Crippen LogP contribution is -2.27. The van der Waals surface area contributed by atoms with Gasteiger partial charge in [-0.2, -0.15) is 4.73 Å². The Balaban J connectivity index is 1.54. The highest BCUT2D eigenvalue weighted by molar-refractivity contribution is 7.99. The maximum atomic E-state index is 11.5. The van der Waals surface area contributed by atoms with Crippen molar-refractivity contribution in [1.29, 1.82) is 0 Å². The van der Waals surface area contributed by atoms with E-state index in [-0.39, 0.29) is 0 Å². The summed E-state index contributed by atoms with van der Waals surface area (Å²) in [7, 11) is 0. The molecule has 102 valence electrons. The summed E-state index contributed by atoms with van der Waals surface area (Å²) in [6.45, 7) is 0. The highest BCUT2D eigenvalue weighted by Gasteiger charge is 2.07. The second kappa shape index (κ2) is 5.96. The van der Waals surface area contributed by atoms with Crippen molar-refractivity contribution in [2.75, 3.05) is 5.75 Å². The monoisotopic (exact) mass is 286 g/mol. The fraction of sp³-hybridized carbons (Fsp3) is 0.200. The second-order valence-electron chi connectivity index (χ2n) is 4.39. The van der Waals surface area contributed by atoms with Gasteiger partial charge in [0.15, 0.2) is 17.7 Å². The summed E-state index contributed by atoms with van der Waals surface area (Å²) >= 11 is 1.55. The van der Waals surface area contributed by atoms with Crippen molar-refractivity contribution in [3.63, 3.8) is 0 Å². The van der Waals surface area contributed by atoms with Gasteiger partial charge in [-0.15, -0.1) is 0 Å². The van der Waals surface area contributed by atoms with Gasteiger partial charge in [-0.1, -0.05) is 23.9 Å². The molecular formula is C15H14N2O2S. The van der Waals surface area contributed by atoms with Crippen LogP contribution in [0.5, 0.6) is 0 Å². The third-order valence-electron chi connectivity index (χ3n) is 2.91. The number of nitrogens with zero attached hydrogens (tertiary/aromatic N) is 2. The van der Waals surface area contributed by atoms with Gasteiger partial charge in [0, 0.05) is 24.3 Å². The Morgan fingerprint density at radius 1 is 1.15 bits per heavy atom. The van der Waals surface area contributed by atoms with E-state index >= 15 is 0 Å². The first-order valence-corrected chi connectivity index (χ1v) is 7.47. The smallest absolute Gasteiger partial charge is 0.251 e. The first-order valence-electron chi connectivity index (χ1n) is 6.48. The van der Waals surface area contributed by atoms with Crippen LogP contribution >= 0.6 is 11.8 Å². The molecule has 2 aromatic heterocycles. The SMILES string of the molecule is [O-][n+]1ccccc1SCCCc1nc2ccccc2o1. The molecule has 0 saturated heterocycles. The van der Waals surface area contributed by atoms with Crippen LogP contribution < -0.4 is 4.73 Å². The summed E-state index contributed by atoms with van der Waals surface area (Å²) in [4.78, 5) is 4.43. The predicted octanol–water partition coefficient (Wildman–Crippen LogP) is 3.19. The van der Waals surface area contributed by atoms with Crippen LogP contribution in [0, 0.1) is 5.21 Å². The normalized spacial score (nSPS) is 11.0. The average Bonchev–Trinajstić information content (AvgIpc) is 2.88. The summed E-state index contributed by atoms with van der Waals surface area (Å²) < 4.78 is 6.55. The number of oxazole rings is 1. The third-order valence-corrected chi connectivity index (χ3v) is 4.02. The first-order chi connectivity index (χ1) is 9.83. The number of thioether (sulfide) groups is 1. The van der Waals surface area contributed by atoms with Crippen molar-refractivity contribution < 1.29 is 9.15 Å². The molecule has 0 radical (unpaired) electrons. The molecule has 4 nitrogen and oxygen atoms in total. The zero-order chi connectivity index (χ0) is 13.8. The predicted molar refractivity (Wildman–Crippen MR) is 78.5 cm³/mol. The van der Waals surface area contributed by atoms with Crippen molar-refractivity contribution in [3.8, 4) is 0 Å². The Morgan fingerprint density at radius 2 is 2.00 bits per heavy atom. The van der Waals surface area contributed by atoms with Gasteiger partial charge in [-0.25, -0.2) is 4.98 Å². The summed E-state index contributed by atoms with van der Waals surface area (Å²) in [5.41, 5.74) is 1.73. The molecule has 1 aromatic carbocycles. The minimum Gasteiger partial charge on any atom is -0.618 e. The van der Waals surface area contributed by atoms with Crippen molar-refractivity contribution in [3.05, 3.63) is 59.8 Å². The summed E-state index contributed by atoms with van der Waals surface area (Å²) in [5.74, 6) is 1.63. The zero-order valence-corrected chi connectivity index (χ0v) is 11.7. The summed E-state index contributed by atoms with van der Waals surface area (Å²) in [6, 6.07) is 13.2. The number of hydrogen-bond donors (Lipinski definition) is 0. The molecule has 0 aliphatic heterocycles. The lowest BCUT2D eigenvalue weighted by molar-refractivity contribution is -0.645. The van der Waals surface area contributed by atoms with E-state index < -0.39 is 0 Å². The van der Waals surface area contributed by atoms with Crippen LogP contribution in [0.25, 0.3) is 11.1 Å². The quantitative estimate of drug-likeness (QED) is 0.313. The van der Waals surface area contributed by atoms with Gasteiger partial charge in [0.2, 0.25) is 0 Å². The van der Waals surface area contributed by atoms with E-state index in [4.69, 9.17) is 4.42 Å². The highest BCUT2D eigenvalue weighted by atomic mass is 32.2. The van der Waals surface area contributed by atoms with Crippen LogP contribution in [0.1, 0.15) is 12.3 Å². The van der Waals surface area contributed by atoms with Crippen molar-refractivity contribution >= 4 is 22.9 Å². The van der Waals surface area contributed by atoms with Crippen molar-refractivity contribution in [2.45, 2.75) is 17.9 Å². The van der Waals surface area contributed by atoms with E-state index in [0.717, 1.165) is 45.3 Å². The topological polar surface area (TPSA) is 53.0 Å². The molecule has 0 atom stereocenters. The van der Waals surface area contributed by atoms with Gasteiger partial charge >= 0.3 is 0 Å². The molecule has 0 N–H and O–H groups in total. The molecule has 0 aliphatic rings. The van der Waals surface area contributed by atoms with E-state index in [1.807, 2.05) is 36.4 Å². The van der Waals surface area contributed by atoms with Crippen LogP contribution in [0.4, 0.5) is 0 Å². The lowest BCUT2D eigenvalue weighted by Gasteiger charge is -2.02. The van der Waals surface area contributed by atoms with Gasteiger partial charge in [-0.05, 0) is 24.6 Å². The maximum Gasteiger partial charge on any atom is 0.251 e. The standard InChI is InChI=1S/C15H14N2O2S/c18-17-10-4-3-9-15(17)20-11-5-8-14-16-12-6-1-2-7-13(12)19-14/h1-4,6-7,9-10H,5,8,11H2. The number of aromatic nitrogens is 2. The second-order valence-corrected chi connectivity index (χ2v) is 5.51. The molecule has 2 heterocycles. The fourth-order valence-corrected chi connectivity index (χ4v) is 2.81. The minimum absolute atomic E-state index is 0.727. The van der Waals surface area contributed by atoms with E-state index in [9.17, 15) is 5.21 Å². The number of para-hydroxylation sites is 2. The van der Waals surface area contributed by atoms with E-state index in [2.05, 4.69) is 4.98 Å². The van der Waals surface area contributed by atoms with E-state index in [1.165, 1.54) is 6.20 Å². The van der Waals surface area contributed by atoms with E-state index in [0.29, 0.717) is 0 Å². The number of benzene rings is 1. The molecule has 0 bridgehead atoms. The van der Waals surface area contributed by atoms with Gasteiger partial charge in [0.1, 0.15) is 5.52 Å². The molecule has 0 fully saturated rings. The van der Waals surface area contributed by atoms with Crippen LogP contribution in [0.15, 0.2) is 58.1 Å². The average molecular weight is 286 g/mol. The van der Waals surface area contributed by atoms with Crippen LogP contribution in [0.2, 0.25) is 0 Å². The van der Waals surface area contributed by atoms with Crippen LogP contribution in [-0.4, -0.2) is 10.7 Å². The third kappa shape index (κ3) is 2.93. The largest absolute Gasteiger partial charge is 0.618 e. The lowest BCUT2D eigenvalue weighted by atomic mass is 10.3. The number of hydrogen-bond acceptors (Lipinski definition) is 4. The number of aryl methyl sites for hydroxylation is 1. The fourth-order valence-electron chi connectivity index (χ4n) is 1.95. The Hall–Kier alpha value is -2.01. The molecule has 0 unspecified atom stereocenters. The van der Waals surface area contributed by atoms with Crippen molar-refractivity contribution in [1.82, 2.24) is 4.98 Å². The number of pyridine rings is 1. The summed E-state index contributed by atoms with van der Waals surface area (Å²) in [5, 5.41) is 12.2. The van der Waals surface area contributed by atoms with Gasteiger partial charge in [0.05, 0.1) is 0 Å². The number of rotatable bonds is 5. The van der Waals surface area contributed by atoms with Crippen LogP contribution in [0.3, 0.4) is 0 Å². The van der Waals surface area contributed by atoms with E-state index in [1.54, 1.807) is 17.8 Å². The van der Waals surface area contributed by atoms with Gasteiger partial charge in [-0.3, -0.25) is 0 Å². The first kappa shape index (κ1) is 13.0. The maximum absolute atomic E-state index is 11.5. The summed E-state index contributed by atoms with van der Waals surface area (Å²) in [6.07, 6.45) is 3.23.